The zero-order chi connectivity index (χ0) is 25.9. The highest BCUT2D eigenvalue weighted by Gasteiger charge is 2.28. The van der Waals surface area contributed by atoms with Crippen molar-refractivity contribution in [2.75, 3.05) is 25.2 Å². The van der Waals surface area contributed by atoms with E-state index in [1.165, 1.54) is 17.0 Å². The number of hydrazine groups is 1. The van der Waals surface area contributed by atoms with Crippen molar-refractivity contribution in [2.24, 2.45) is 5.84 Å². The minimum absolute atomic E-state index is 0.176. The third-order valence-corrected chi connectivity index (χ3v) is 6.05. The highest BCUT2D eigenvalue weighted by atomic mass is 19.1. The van der Waals surface area contributed by atoms with Crippen LogP contribution in [0.15, 0.2) is 78.9 Å². The number of rotatable bonds is 6. The minimum Gasteiger partial charge on any atom is -0.497 e. The molecule has 0 bridgehead atoms. The predicted octanol–water partition coefficient (Wildman–Crippen LogP) is 3.95. The Labute approximate surface area is 212 Å². The average molecular weight is 499 g/mol. The van der Waals surface area contributed by atoms with E-state index < -0.39 is 5.91 Å². The molecule has 37 heavy (non-hydrogen) atoms. The first-order valence-electron chi connectivity index (χ1n) is 11.4. The number of anilines is 1. The first-order chi connectivity index (χ1) is 17.9. The van der Waals surface area contributed by atoms with Crippen LogP contribution in [0, 0.1) is 5.82 Å². The van der Waals surface area contributed by atoms with E-state index in [9.17, 15) is 14.0 Å². The molecule has 0 saturated heterocycles. The zero-order valence-corrected chi connectivity index (χ0v) is 19.9. The summed E-state index contributed by atoms with van der Waals surface area (Å²) in [5.74, 6) is 5.23. The Morgan fingerprint density at radius 1 is 0.973 bits per heavy atom. The molecule has 0 spiro atoms. The van der Waals surface area contributed by atoms with Gasteiger partial charge in [-0.05, 0) is 77.9 Å². The summed E-state index contributed by atoms with van der Waals surface area (Å²) in [6.07, 6.45) is 0. The molecule has 2 amide bonds. The number of carbonyl (C=O) groups excluding carboxylic acids is 2. The van der Waals surface area contributed by atoms with E-state index in [1.54, 1.807) is 31.4 Å². The average Bonchev–Trinajstić information content (AvgIpc) is 2.94. The van der Waals surface area contributed by atoms with Crippen LogP contribution in [0.2, 0.25) is 0 Å². The molecule has 5 rings (SSSR count). The highest BCUT2D eigenvalue weighted by molar-refractivity contribution is 6.02. The van der Waals surface area contributed by atoms with E-state index in [1.807, 2.05) is 42.5 Å². The number of nitrogens with two attached hydrogens (primary N) is 1. The molecule has 3 N–H and O–H groups in total. The molecule has 1 aliphatic heterocycles. The van der Waals surface area contributed by atoms with Gasteiger partial charge < -0.3 is 9.47 Å². The lowest BCUT2D eigenvalue weighted by atomic mass is 9.99. The molecule has 1 aliphatic rings. The topological polar surface area (TPSA) is 107 Å². The zero-order valence-electron chi connectivity index (χ0n) is 19.9. The summed E-state index contributed by atoms with van der Waals surface area (Å²) >= 11 is 0. The first-order valence-corrected chi connectivity index (χ1v) is 11.4. The second-order valence-corrected chi connectivity index (χ2v) is 8.38. The van der Waals surface area contributed by atoms with E-state index >= 15 is 0 Å². The van der Waals surface area contributed by atoms with Gasteiger partial charge in [0.15, 0.2) is 6.61 Å². The molecular weight excluding hydrogens is 475 g/mol. The molecule has 0 saturated carbocycles. The third kappa shape index (κ3) is 4.98. The minimum atomic E-state index is -0.509. The largest absolute Gasteiger partial charge is 0.497 e. The van der Waals surface area contributed by atoms with Crippen LogP contribution in [0.3, 0.4) is 0 Å². The Bertz CT molecular complexity index is 1470. The normalized spacial score (nSPS) is 12.5. The monoisotopic (exact) mass is 498 g/mol. The van der Waals surface area contributed by atoms with Crippen LogP contribution in [-0.4, -0.2) is 37.1 Å². The lowest BCUT2D eigenvalue weighted by Crippen LogP contribution is -2.46. The number of fused-ring (bicyclic) bond motifs is 1. The number of amides is 2. The van der Waals surface area contributed by atoms with Crippen LogP contribution in [0.4, 0.5) is 10.1 Å². The van der Waals surface area contributed by atoms with Gasteiger partial charge in [0.05, 0.1) is 24.2 Å². The van der Waals surface area contributed by atoms with E-state index in [0.29, 0.717) is 28.4 Å². The predicted molar refractivity (Wildman–Crippen MR) is 137 cm³/mol. The number of pyridine rings is 1. The van der Waals surface area contributed by atoms with Crippen molar-refractivity contribution >= 4 is 17.5 Å². The van der Waals surface area contributed by atoms with Gasteiger partial charge in [-0.2, -0.15) is 0 Å². The maximum Gasteiger partial charge on any atom is 0.265 e. The SMILES string of the molecule is COc1ccc(-c2cc(-c3ccc(F)cc3)nc(-c3ccc4c(c3)N(CC(=O)NN)C(=O)CO4)c2)cc1. The molecule has 9 heteroatoms. The van der Waals surface area contributed by atoms with Crippen LogP contribution in [-0.2, 0) is 9.59 Å². The first kappa shape index (κ1) is 24.0. The van der Waals surface area contributed by atoms with E-state index in [-0.39, 0.29) is 24.9 Å². The smallest absolute Gasteiger partial charge is 0.265 e. The summed E-state index contributed by atoms with van der Waals surface area (Å²) in [5.41, 5.74) is 7.03. The molecule has 2 heterocycles. The molecule has 3 aromatic carbocycles. The lowest BCUT2D eigenvalue weighted by Gasteiger charge is -2.29. The van der Waals surface area contributed by atoms with Crippen LogP contribution >= 0.6 is 0 Å². The Kier molecular flexibility index (Phi) is 6.53. The summed E-state index contributed by atoms with van der Waals surface area (Å²) in [6, 6.07) is 22.9. The molecule has 1 aromatic heterocycles. The number of carbonyl (C=O) groups is 2. The second kappa shape index (κ2) is 10.1. The van der Waals surface area contributed by atoms with Gasteiger partial charge in [-0.15, -0.1) is 0 Å². The van der Waals surface area contributed by atoms with Crippen LogP contribution < -0.4 is 25.6 Å². The van der Waals surface area contributed by atoms with Gasteiger partial charge in [0.25, 0.3) is 11.8 Å². The Morgan fingerprint density at radius 2 is 1.62 bits per heavy atom. The molecular formula is C28H23FN4O4. The Morgan fingerprint density at radius 3 is 2.30 bits per heavy atom. The number of hydrogen-bond donors (Lipinski definition) is 2. The van der Waals surface area contributed by atoms with Gasteiger partial charge in [0.1, 0.15) is 23.9 Å². The van der Waals surface area contributed by atoms with E-state index in [2.05, 4.69) is 5.43 Å². The Hall–Kier alpha value is -4.76. The van der Waals surface area contributed by atoms with Gasteiger partial charge in [0, 0.05) is 11.1 Å². The van der Waals surface area contributed by atoms with Crippen LogP contribution in [0.25, 0.3) is 33.6 Å². The quantitative estimate of drug-likeness (QED) is 0.237. The lowest BCUT2D eigenvalue weighted by molar-refractivity contribution is -0.125. The fourth-order valence-electron chi connectivity index (χ4n) is 4.12. The number of benzene rings is 3. The van der Waals surface area contributed by atoms with Gasteiger partial charge in [-0.25, -0.2) is 15.2 Å². The number of nitrogens with zero attached hydrogens (tertiary/aromatic N) is 2. The van der Waals surface area contributed by atoms with Crippen molar-refractivity contribution in [3.63, 3.8) is 0 Å². The van der Waals surface area contributed by atoms with Crippen LogP contribution in [0.1, 0.15) is 0 Å². The maximum atomic E-state index is 13.6. The van der Waals surface area contributed by atoms with Crippen LogP contribution in [0.5, 0.6) is 11.5 Å². The number of methoxy groups -OCH3 is 1. The number of nitrogens with one attached hydrogen (secondary N) is 1. The van der Waals surface area contributed by atoms with Crippen molar-refractivity contribution in [3.05, 3.63) is 84.7 Å². The number of ether oxygens (including phenoxy) is 2. The van der Waals surface area contributed by atoms with Gasteiger partial charge >= 0.3 is 0 Å². The number of hydrogen-bond acceptors (Lipinski definition) is 6. The van der Waals surface area contributed by atoms with Crippen molar-refractivity contribution in [2.45, 2.75) is 0 Å². The number of aromatic nitrogens is 1. The summed E-state index contributed by atoms with van der Waals surface area (Å²) in [6.45, 7) is -0.417. The molecule has 0 radical (unpaired) electrons. The molecule has 8 nitrogen and oxygen atoms in total. The summed E-state index contributed by atoms with van der Waals surface area (Å²) in [5, 5.41) is 0. The third-order valence-electron chi connectivity index (χ3n) is 6.05. The molecule has 0 atom stereocenters. The summed E-state index contributed by atoms with van der Waals surface area (Å²) in [4.78, 5) is 30.7. The fraction of sp³-hybridized carbons (Fsp3) is 0.107. The van der Waals surface area contributed by atoms with Crippen molar-refractivity contribution in [3.8, 4) is 45.1 Å². The standard InChI is InChI=1S/C28H23FN4O4/c1-36-22-9-4-17(5-10-22)20-12-23(18-2-7-21(29)8-3-18)31-24(13-20)19-6-11-26-25(14-19)33(15-27(34)32-30)28(35)16-37-26/h2-14H,15-16,30H2,1H3,(H,32,34). The van der Waals surface area contributed by atoms with Gasteiger partial charge in [-0.3, -0.25) is 19.9 Å². The molecule has 186 valence electrons. The van der Waals surface area contributed by atoms with Crippen molar-refractivity contribution in [1.29, 1.82) is 0 Å². The maximum absolute atomic E-state index is 13.6. The second-order valence-electron chi connectivity index (χ2n) is 8.38. The molecule has 0 fully saturated rings. The molecule has 0 unspecified atom stereocenters. The Balaban J connectivity index is 1.63. The van der Waals surface area contributed by atoms with Crippen molar-refractivity contribution < 1.29 is 23.5 Å². The summed E-state index contributed by atoms with van der Waals surface area (Å²) < 4.78 is 24.4. The fourth-order valence-corrected chi connectivity index (χ4v) is 4.12. The van der Waals surface area contributed by atoms with Gasteiger partial charge in [-0.1, -0.05) is 12.1 Å². The van der Waals surface area contributed by atoms with Crippen molar-refractivity contribution in [1.82, 2.24) is 10.4 Å². The van der Waals surface area contributed by atoms with Gasteiger partial charge in [0.2, 0.25) is 0 Å². The molecule has 0 aliphatic carbocycles. The number of halogens is 1. The van der Waals surface area contributed by atoms with E-state index in [4.69, 9.17) is 20.3 Å². The molecule has 4 aromatic rings. The highest BCUT2D eigenvalue weighted by Crippen LogP contribution is 2.37. The summed E-state index contributed by atoms with van der Waals surface area (Å²) in [7, 11) is 1.61. The van der Waals surface area contributed by atoms with E-state index in [0.717, 1.165) is 22.4 Å².